The number of hydrogen-bond acceptors (Lipinski definition) is 6. The van der Waals surface area contributed by atoms with Gasteiger partial charge in [-0.2, -0.15) is 19.6 Å². The Kier molecular flexibility index (Phi) is 2.73. The lowest BCUT2D eigenvalue weighted by atomic mass is 10.4. The van der Waals surface area contributed by atoms with Crippen LogP contribution >= 0.6 is 22.9 Å². The first-order chi connectivity index (χ1) is 8.72. The summed E-state index contributed by atoms with van der Waals surface area (Å²) in [5.41, 5.74) is 0.797. The topological polar surface area (TPSA) is 88.0 Å². The van der Waals surface area contributed by atoms with Crippen molar-refractivity contribution in [2.45, 2.75) is 6.54 Å². The molecule has 0 aliphatic carbocycles. The van der Waals surface area contributed by atoms with Crippen molar-refractivity contribution in [1.29, 1.82) is 0 Å². The Morgan fingerprint density at radius 3 is 3.22 bits per heavy atom. The fourth-order valence-electron chi connectivity index (χ4n) is 1.50. The van der Waals surface area contributed by atoms with E-state index in [0.717, 1.165) is 17.0 Å². The Morgan fingerprint density at radius 2 is 2.44 bits per heavy atom. The third-order valence-corrected chi connectivity index (χ3v) is 3.16. The lowest BCUT2D eigenvalue weighted by molar-refractivity contribution is 0.918. The highest BCUT2D eigenvalue weighted by Gasteiger charge is 2.06. The Bertz CT molecular complexity index is 747. The third-order valence-electron chi connectivity index (χ3n) is 2.25. The van der Waals surface area contributed by atoms with E-state index in [4.69, 9.17) is 11.6 Å². The van der Waals surface area contributed by atoms with Gasteiger partial charge in [0.1, 0.15) is 17.3 Å². The molecule has 0 unspecified atom stereocenters. The maximum Gasteiger partial charge on any atom is 0.304 e. The van der Waals surface area contributed by atoms with E-state index in [1.807, 2.05) is 0 Å². The predicted octanol–water partition coefficient (Wildman–Crippen LogP) is 1.14. The maximum atomic E-state index is 11.0. The van der Waals surface area contributed by atoms with E-state index in [1.165, 1.54) is 10.8 Å². The van der Waals surface area contributed by atoms with Crippen LogP contribution in [-0.2, 0) is 6.54 Å². The molecule has 0 aliphatic rings. The van der Waals surface area contributed by atoms with E-state index in [0.29, 0.717) is 23.3 Å². The van der Waals surface area contributed by atoms with Crippen LogP contribution in [0.25, 0.3) is 5.78 Å². The van der Waals surface area contributed by atoms with E-state index >= 15 is 0 Å². The fourth-order valence-corrected chi connectivity index (χ4v) is 2.26. The quantitative estimate of drug-likeness (QED) is 0.703. The molecule has 0 spiro atoms. The molecule has 9 heteroatoms. The van der Waals surface area contributed by atoms with Crippen molar-refractivity contribution in [2.75, 3.05) is 5.32 Å². The Labute approximate surface area is 109 Å². The minimum atomic E-state index is -0.0783. The maximum absolute atomic E-state index is 11.0. The zero-order chi connectivity index (χ0) is 12.5. The van der Waals surface area contributed by atoms with Gasteiger partial charge in [0.15, 0.2) is 0 Å². The Morgan fingerprint density at radius 1 is 1.56 bits per heavy atom. The molecule has 0 aliphatic heterocycles. The summed E-state index contributed by atoms with van der Waals surface area (Å²) in [5, 5.41) is 9.24. The molecule has 92 valence electrons. The Hall–Kier alpha value is -1.93. The number of nitrogens with zero attached hydrogens (tertiary/aromatic N) is 4. The first kappa shape index (κ1) is 11.2. The molecule has 2 N–H and O–H groups in total. The van der Waals surface area contributed by atoms with Gasteiger partial charge in [0.2, 0.25) is 0 Å². The van der Waals surface area contributed by atoms with E-state index in [-0.39, 0.29) is 4.87 Å². The lowest BCUT2D eigenvalue weighted by Gasteiger charge is -2.06. The summed E-state index contributed by atoms with van der Waals surface area (Å²) in [7, 11) is 0. The highest BCUT2D eigenvalue weighted by Crippen LogP contribution is 2.15. The summed E-state index contributed by atoms with van der Waals surface area (Å²) < 4.78 is 1.54. The lowest BCUT2D eigenvalue weighted by Crippen LogP contribution is -2.07. The first-order valence-electron chi connectivity index (χ1n) is 4.99. The van der Waals surface area contributed by atoms with Gasteiger partial charge in [-0.3, -0.25) is 4.79 Å². The number of hydrogen-bond donors (Lipinski definition) is 2. The van der Waals surface area contributed by atoms with E-state index in [2.05, 4.69) is 25.4 Å². The zero-order valence-electron chi connectivity index (χ0n) is 8.92. The van der Waals surface area contributed by atoms with Crippen molar-refractivity contribution < 1.29 is 0 Å². The summed E-state index contributed by atoms with van der Waals surface area (Å²) in [6.45, 7) is 0.466. The smallest absolute Gasteiger partial charge is 0.304 e. The summed E-state index contributed by atoms with van der Waals surface area (Å²) in [4.78, 5) is 21.6. The predicted molar refractivity (Wildman–Crippen MR) is 68.1 cm³/mol. The van der Waals surface area contributed by atoms with Crippen molar-refractivity contribution in [2.24, 2.45) is 0 Å². The number of H-pyrrole nitrogens is 1. The third kappa shape index (κ3) is 2.07. The average Bonchev–Trinajstić information content (AvgIpc) is 2.94. The number of halogens is 1. The molecule has 18 heavy (non-hydrogen) atoms. The molecule has 0 aromatic carbocycles. The molecule has 0 bridgehead atoms. The van der Waals surface area contributed by atoms with Crippen LogP contribution in [0.3, 0.4) is 0 Å². The van der Waals surface area contributed by atoms with Crippen LogP contribution in [0.15, 0.2) is 22.6 Å². The number of thiazole rings is 1. The molecule has 3 heterocycles. The molecule has 0 saturated heterocycles. The molecule has 0 fully saturated rings. The molecule has 3 aromatic rings. The number of anilines is 1. The normalized spacial score (nSPS) is 10.9. The monoisotopic (exact) mass is 282 g/mol. The SMILES string of the molecule is O=c1[nH]c(CNc2cc(Cl)nc3ncnn23)cs1. The van der Waals surface area contributed by atoms with Gasteiger partial charge in [-0.1, -0.05) is 22.9 Å². The van der Waals surface area contributed by atoms with Crippen molar-refractivity contribution >= 4 is 34.5 Å². The fraction of sp³-hybridized carbons (Fsp3) is 0.111. The average molecular weight is 283 g/mol. The number of aromatic nitrogens is 5. The molecular formula is C9H7ClN6OS. The molecule has 0 atom stereocenters. The zero-order valence-corrected chi connectivity index (χ0v) is 10.5. The summed E-state index contributed by atoms with van der Waals surface area (Å²) in [5.74, 6) is 1.08. The molecule has 0 amide bonds. The molecule has 7 nitrogen and oxygen atoms in total. The first-order valence-corrected chi connectivity index (χ1v) is 6.25. The molecular weight excluding hydrogens is 276 g/mol. The van der Waals surface area contributed by atoms with Crippen LogP contribution in [0.2, 0.25) is 5.15 Å². The highest BCUT2D eigenvalue weighted by atomic mass is 35.5. The van der Waals surface area contributed by atoms with Crippen molar-refractivity contribution in [3.63, 3.8) is 0 Å². The number of fused-ring (bicyclic) bond motifs is 1. The second-order valence-corrected chi connectivity index (χ2v) is 4.69. The van der Waals surface area contributed by atoms with Crippen LogP contribution in [0.1, 0.15) is 5.69 Å². The van der Waals surface area contributed by atoms with Crippen molar-refractivity contribution in [1.82, 2.24) is 24.6 Å². The number of rotatable bonds is 3. The van der Waals surface area contributed by atoms with E-state index < -0.39 is 0 Å². The molecule has 3 rings (SSSR count). The van der Waals surface area contributed by atoms with Crippen LogP contribution in [-0.4, -0.2) is 24.6 Å². The summed E-state index contributed by atoms with van der Waals surface area (Å²) in [6, 6.07) is 1.65. The van der Waals surface area contributed by atoms with Gasteiger partial charge in [0.25, 0.3) is 5.78 Å². The number of aromatic amines is 1. The van der Waals surface area contributed by atoms with Gasteiger partial charge >= 0.3 is 4.87 Å². The van der Waals surface area contributed by atoms with Gasteiger partial charge in [-0.05, 0) is 0 Å². The van der Waals surface area contributed by atoms with Gasteiger partial charge in [0, 0.05) is 17.1 Å². The van der Waals surface area contributed by atoms with Gasteiger partial charge in [-0.25, -0.2) is 0 Å². The Balaban J connectivity index is 1.90. The summed E-state index contributed by atoms with van der Waals surface area (Å²) >= 11 is 7.00. The minimum absolute atomic E-state index is 0.0783. The van der Waals surface area contributed by atoms with Crippen LogP contribution < -0.4 is 10.2 Å². The highest BCUT2D eigenvalue weighted by molar-refractivity contribution is 7.07. The van der Waals surface area contributed by atoms with Gasteiger partial charge in [0.05, 0.1) is 6.54 Å². The second-order valence-electron chi connectivity index (χ2n) is 3.46. The van der Waals surface area contributed by atoms with E-state index in [9.17, 15) is 4.79 Å². The van der Waals surface area contributed by atoms with Crippen molar-refractivity contribution in [3.8, 4) is 0 Å². The summed E-state index contributed by atoms with van der Waals surface area (Å²) in [6.07, 6.45) is 1.40. The van der Waals surface area contributed by atoms with Crippen LogP contribution in [0, 0.1) is 0 Å². The van der Waals surface area contributed by atoms with Crippen molar-refractivity contribution in [3.05, 3.63) is 38.3 Å². The molecule has 0 radical (unpaired) electrons. The van der Waals surface area contributed by atoms with Gasteiger partial charge < -0.3 is 10.3 Å². The van der Waals surface area contributed by atoms with E-state index in [1.54, 1.807) is 11.4 Å². The van der Waals surface area contributed by atoms with Gasteiger partial charge in [-0.15, -0.1) is 0 Å². The largest absolute Gasteiger partial charge is 0.364 e. The van der Waals surface area contributed by atoms with Crippen LogP contribution in [0.4, 0.5) is 5.82 Å². The molecule has 0 saturated carbocycles. The standard InChI is InChI=1S/C9H7ClN6OS/c10-6-1-7(16-8(15-6)12-4-13-16)11-2-5-3-18-9(17)14-5/h1,3-4,11H,2H2,(H,14,17). The molecule has 3 aromatic heterocycles. The minimum Gasteiger partial charge on any atom is -0.364 e. The second kappa shape index (κ2) is 4.39. The number of nitrogens with one attached hydrogen (secondary N) is 2. The van der Waals surface area contributed by atoms with Crippen LogP contribution in [0.5, 0.6) is 0 Å².